The number of likely N-dealkylation sites (N-methyl/N-ethyl adjacent to an activating group) is 1. The molecule has 5 rings (SSSR count). The van der Waals surface area contributed by atoms with Gasteiger partial charge in [0, 0.05) is 60.9 Å². The third kappa shape index (κ3) is 4.89. The highest BCUT2D eigenvalue weighted by Crippen LogP contribution is 2.43. The minimum Gasteiger partial charge on any atom is -0.494 e. The first-order chi connectivity index (χ1) is 17.7. The average molecular weight is 538 g/mol. The molecule has 3 heterocycles. The lowest BCUT2D eigenvalue weighted by Gasteiger charge is -2.22. The summed E-state index contributed by atoms with van der Waals surface area (Å²) in [5, 5.41) is 12.1. The van der Waals surface area contributed by atoms with Crippen LogP contribution in [-0.2, 0) is 18.0 Å². The zero-order chi connectivity index (χ0) is 26.3. The number of benzene rings is 2. The van der Waals surface area contributed by atoms with Crippen LogP contribution in [0.15, 0.2) is 48.8 Å². The molecule has 0 fully saturated rings. The van der Waals surface area contributed by atoms with Crippen LogP contribution in [-0.4, -0.2) is 53.8 Å². The van der Waals surface area contributed by atoms with Crippen molar-refractivity contribution in [1.29, 1.82) is 0 Å². The Morgan fingerprint density at radius 1 is 1.05 bits per heavy atom. The number of nitrogens with one attached hydrogen (secondary N) is 2. The van der Waals surface area contributed by atoms with Crippen LogP contribution in [0.5, 0.6) is 5.75 Å². The first-order valence-corrected chi connectivity index (χ1v) is 14.8. The van der Waals surface area contributed by atoms with Crippen molar-refractivity contribution in [2.45, 2.75) is 6.42 Å². The molecule has 0 spiro atoms. The molecule has 1 aliphatic heterocycles. The molecule has 4 aromatic rings. The molecule has 0 saturated heterocycles. The number of hydrogen-bond donors (Lipinski definition) is 2. The van der Waals surface area contributed by atoms with Crippen molar-refractivity contribution < 1.29 is 9.30 Å². The van der Waals surface area contributed by atoms with Gasteiger partial charge in [0.05, 0.1) is 30.9 Å². The number of rotatable bonds is 6. The molecule has 2 aromatic heterocycles. The van der Waals surface area contributed by atoms with Gasteiger partial charge in [0.15, 0.2) is 5.82 Å². The van der Waals surface area contributed by atoms with Crippen LogP contribution < -0.4 is 25.6 Å². The zero-order valence-corrected chi connectivity index (χ0v) is 23.1. The highest BCUT2D eigenvalue weighted by molar-refractivity contribution is 7.70. The minimum atomic E-state index is -2.52. The Hall–Kier alpha value is -3.55. The quantitative estimate of drug-likeness (QED) is 0.321. The van der Waals surface area contributed by atoms with E-state index in [4.69, 9.17) is 16.3 Å². The van der Waals surface area contributed by atoms with Crippen LogP contribution >= 0.6 is 18.7 Å². The zero-order valence-electron chi connectivity index (χ0n) is 21.4. The Kier molecular flexibility index (Phi) is 6.60. The number of para-hydroxylation sites is 1. The van der Waals surface area contributed by atoms with Crippen molar-refractivity contribution in [2.75, 3.05) is 49.6 Å². The van der Waals surface area contributed by atoms with E-state index in [-0.39, 0.29) is 0 Å². The molecular formula is C26H29ClN7O2P. The SMILES string of the molecule is COc1cc2c(cc1Nc1ncc(Cl)c(Nc3ccccc3P(C)(C)=O)n1)-c1cnn(C)c1CCN2C. The summed E-state index contributed by atoms with van der Waals surface area (Å²) in [5.74, 6) is 1.41. The third-order valence-corrected chi connectivity index (χ3v) is 8.32. The van der Waals surface area contributed by atoms with Crippen LogP contribution in [0.2, 0.25) is 5.02 Å². The highest BCUT2D eigenvalue weighted by Gasteiger charge is 2.24. The van der Waals surface area contributed by atoms with E-state index in [0.717, 1.165) is 35.1 Å². The fourth-order valence-electron chi connectivity index (χ4n) is 4.56. The van der Waals surface area contributed by atoms with Gasteiger partial charge in [-0.3, -0.25) is 4.68 Å². The van der Waals surface area contributed by atoms with Gasteiger partial charge in [0.2, 0.25) is 5.95 Å². The standard InChI is InChI=1S/C26H29ClN7O2P/c1-33-11-10-21-17(14-29-34(21)2)16-12-20(23(36-3)13-22(16)33)31-26-28-15-18(27)25(32-26)30-19-8-6-7-9-24(19)37(4,5)35/h6-9,12-15H,10-11H2,1-5H3,(H2,28,30,31,32). The van der Waals surface area contributed by atoms with Crippen LogP contribution in [0.25, 0.3) is 11.1 Å². The number of halogens is 1. The number of anilines is 5. The molecule has 37 heavy (non-hydrogen) atoms. The number of aryl methyl sites for hydroxylation is 1. The lowest BCUT2D eigenvalue weighted by molar-refractivity contribution is 0.417. The summed E-state index contributed by atoms with van der Waals surface area (Å²) in [6.45, 7) is 4.34. The topological polar surface area (TPSA) is 97.2 Å². The van der Waals surface area contributed by atoms with Gasteiger partial charge in [-0.15, -0.1) is 0 Å². The molecule has 0 atom stereocenters. The first-order valence-electron chi connectivity index (χ1n) is 11.8. The molecule has 11 heteroatoms. The minimum absolute atomic E-state index is 0.340. The molecule has 192 valence electrons. The molecular weight excluding hydrogens is 509 g/mol. The van der Waals surface area contributed by atoms with Crippen molar-refractivity contribution >= 4 is 52.9 Å². The van der Waals surface area contributed by atoms with Gasteiger partial charge in [0.1, 0.15) is 17.9 Å². The Morgan fingerprint density at radius 2 is 1.84 bits per heavy atom. The van der Waals surface area contributed by atoms with E-state index in [9.17, 15) is 4.57 Å². The summed E-state index contributed by atoms with van der Waals surface area (Å²) >= 11 is 6.44. The Bertz CT molecular complexity index is 1530. The molecule has 0 amide bonds. The van der Waals surface area contributed by atoms with E-state index in [1.54, 1.807) is 20.4 Å². The summed E-state index contributed by atoms with van der Waals surface area (Å²) in [4.78, 5) is 11.2. The largest absolute Gasteiger partial charge is 0.494 e. The third-order valence-electron chi connectivity index (χ3n) is 6.49. The molecule has 2 N–H and O–H groups in total. The number of aromatic nitrogens is 4. The second kappa shape index (κ2) is 9.72. The molecule has 0 bridgehead atoms. The Morgan fingerprint density at radius 3 is 2.59 bits per heavy atom. The molecule has 0 aliphatic carbocycles. The van der Waals surface area contributed by atoms with Gasteiger partial charge < -0.3 is 24.8 Å². The van der Waals surface area contributed by atoms with Crippen LogP contribution in [0.3, 0.4) is 0 Å². The van der Waals surface area contributed by atoms with E-state index in [2.05, 4.69) is 37.6 Å². The van der Waals surface area contributed by atoms with E-state index in [1.807, 2.05) is 54.3 Å². The maximum absolute atomic E-state index is 12.8. The van der Waals surface area contributed by atoms with Gasteiger partial charge in [-0.25, -0.2) is 4.98 Å². The van der Waals surface area contributed by atoms with Crippen molar-refractivity contribution in [3.63, 3.8) is 0 Å². The number of ether oxygens (including phenoxy) is 1. The van der Waals surface area contributed by atoms with Gasteiger partial charge in [-0.05, 0) is 31.5 Å². The summed E-state index contributed by atoms with van der Waals surface area (Å²) in [7, 11) is 3.16. The van der Waals surface area contributed by atoms with Crippen LogP contribution in [0.1, 0.15) is 5.69 Å². The number of hydrogen-bond acceptors (Lipinski definition) is 8. The summed E-state index contributed by atoms with van der Waals surface area (Å²) < 4.78 is 20.5. The molecule has 2 aromatic carbocycles. The van der Waals surface area contributed by atoms with Gasteiger partial charge in [-0.2, -0.15) is 10.1 Å². The fraction of sp³-hybridized carbons (Fsp3) is 0.269. The molecule has 9 nitrogen and oxygen atoms in total. The van der Waals surface area contributed by atoms with E-state index in [1.165, 1.54) is 11.9 Å². The Balaban J connectivity index is 1.53. The fourth-order valence-corrected chi connectivity index (χ4v) is 5.85. The molecule has 1 aliphatic rings. The van der Waals surface area contributed by atoms with Crippen molar-refractivity contribution in [2.24, 2.45) is 7.05 Å². The molecule has 0 unspecified atom stereocenters. The van der Waals surface area contributed by atoms with Gasteiger partial charge in [-0.1, -0.05) is 23.7 Å². The lowest BCUT2D eigenvalue weighted by atomic mass is 10.0. The second-order valence-corrected chi connectivity index (χ2v) is 13.0. The van der Waals surface area contributed by atoms with E-state index in [0.29, 0.717) is 33.9 Å². The molecule has 0 radical (unpaired) electrons. The normalized spacial score (nSPS) is 13.0. The number of fused-ring (bicyclic) bond motifs is 3. The summed E-state index contributed by atoms with van der Waals surface area (Å²) in [6.07, 6.45) is 4.32. The predicted octanol–water partition coefficient (Wildman–Crippen LogP) is 5.27. The second-order valence-electron chi connectivity index (χ2n) is 9.38. The summed E-state index contributed by atoms with van der Waals surface area (Å²) in [5.41, 5.74) is 5.79. The summed E-state index contributed by atoms with van der Waals surface area (Å²) in [6, 6.07) is 11.5. The first kappa shape index (κ1) is 25.1. The average Bonchev–Trinajstić information content (AvgIpc) is 3.17. The van der Waals surface area contributed by atoms with Crippen molar-refractivity contribution in [1.82, 2.24) is 19.7 Å². The van der Waals surface area contributed by atoms with Gasteiger partial charge >= 0.3 is 0 Å². The molecule has 0 saturated carbocycles. The number of methoxy groups -OCH3 is 1. The monoisotopic (exact) mass is 537 g/mol. The predicted molar refractivity (Wildman–Crippen MR) is 151 cm³/mol. The smallest absolute Gasteiger partial charge is 0.229 e. The maximum Gasteiger partial charge on any atom is 0.229 e. The van der Waals surface area contributed by atoms with E-state index >= 15 is 0 Å². The van der Waals surface area contributed by atoms with Gasteiger partial charge in [0.25, 0.3) is 0 Å². The Labute approximate surface area is 221 Å². The van der Waals surface area contributed by atoms with Crippen molar-refractivity contribution in [3.8, 4) is 16.9 Å². The van der Waals surface area contributed by atoms with Crippen LogP contribution in [0, 0.1) is 0 Å². The maximum atomic E-state index is 12.8. The number of nitrogens with zero attached hydrogens (tertiary/aromatic N) is 5. The van der Waals surface area contributed by atoms with Crippen molar-refractivity contribution in [3.05, 3.63) is 59.5 Å². The van der Waals surface area contributed by atoms with E-state index < -0.39 is 7.14 Å². The lowest BCUT2D eigenvalue weighted by Crippen LogP contribution is -2.20. The highest BCUT2D eigenvalue weighted by atomic mass is 35.5. The van der Waals surface area contributed by atoms with Crippen LogP contribution in [0.4, 0.5) is 28.8 Å².